The minimum atomic E-state index is -4.55. The molecule has 0 spiro atoms. The summed E-state index contributed by atoms with van der Waals surface area (Å²) in [6.07, 6.45) is 2.25. The molecule has 0 radical (unpaired) electrons. The number of ether oxygens (including phenoxy) is 2. The van der Waals surface area contributed by atoms with Crippen LogP contribution in [0.25, 0.3) is 0 Å². The number of alkyl halides is 3. The summed E-state index contributed by atoms with van der Waals surface area (Å²) in [5.74, 6) is 1.69. The quantitative estimate of drug-likeness (QED) is 0.457. The number of halogens is 3. The summed E-state index contributed by atoms with van der Waals surface area (Å²) in [5.41, 5.74) is -1.10. The number of amides is 3. The SMILES string of the molecule is COCCOc1ccc(C(F)(F)F)cc1NC(=O)CCNC(=O)NC12CC3CC(CC(C3)C1)C2. The number of hydrogen-bond acceptors (Lipinski definition) is 4. The van der Waals surface area contributed by atoms with Gasteiger partial charge in [-0.25, -0.2) is 4.79 Å². The molecule has 0 saturated heterocycles. The topological polar surface area (TPSA) is 88.7 Å². The van der Waals surface area contributed by atoms with Gasteiger partial charge in [0.25, 0.3) is 0 Å². The van der Waals surface area contributed by atoms with Gasteiger partial charge in [0.15, 0.2) is 0 Å². The number of anilines is 1. The lowest BCUT2D eigenvalue weighted by Gasteiger charge is -2.56. The molecule has 0 aliphatic heterocycles. The third kappa shape index (κ3) is 5.95. The van der Waals surface area contributed by atoms with E-state index in [1.807, 2.05) is 0 Å². The maximum absolute atomic E-state index is 13.1. The second-order valence-electron chi connectivity index (χ2n) is 9.93. The molecule has 0 atom stereocenters. The van der Waals surface area contributed by atoms with Crippen LogP contribution < -0.4 is 20.7 Å². The molecule has 4 saturated carbocycles. The van der Waals surface area contributed by atoms with Crippen molar-refractivity contribution in [1.29, 1.82) is 0 Å². The first-order chi connectivity index (χ1) is 16.2. The minimum absolute atomic E-state index is 0.0723. The molecule has 4 fully saturated rings. The standard InChI is InChI=1S/C24H32F3N3O4/c1-33-6-7-34-20-3-2-18(24(25,26)27)11-19(20)29-21(31)4-5-28-22(32)30-23-12-15-8-16(13-23)10-17(9-15)14-23/h2-3,11,15-17H,4-10,12-14H2,1H3,(H,29,31)(H2,28,30,32). The van der Waals surface area contributed by atoms with Gasteiger partial charge in [-0.15, -0.1) is 0 Å². The highest BCUT2D eigenvalue weighted by Gasteiger charge is 2.51. The minimum Gasteiger partial charge on any atom is -0.489 e. The van der Waals surface area contributed by atoms with Crippen molar-refractivity contribution in [2.45, 2.75) is 56.7 Å². The van der Waals surface area contributed by atoms with Crippen molar-refractivity contribution in [2.24, 2.45) is 17.8 Å². The summed E-state index contributed by atoms with van der Waals surface area (Å²) in [5, 5.41) is 8.37. The molecule has 188 valence electrons. The number of rotatable bonds is 9. The highest BCUT2D eigenvalue weighted by atomic mass is 19.4. The zero-order valence-electron chi connectivity index (χ0n) is 19.3. The Balaban J connectivity index is 1.28. The first-order valence-corrected chi connectivity index (χ1v) is 11.8. The van der Waals surface area contributed by atoms with Crippen LogP contribution in [0.15, 0.2) is 18.2 Å². The predicted molar refractivity (Wildman–Crippen MR) is 119 cm³/mol. The monoisotopic (exact) mass is 483 g/mol. The summed E-state index contributed by atoms with van der Waals surface area (Å²) < 4.78 is 49.7. The van der Waals surface area contributed by atoms with E-state index in [1.165, 1.54) is 32.4 Å². The van der Waals surface area contributed by atoms with Crippen LogP contribution in [0.5, 0.6) is 5.75 Å². The lowest BCUT2D eigenvalue weighted by atomic mass is 9.53. The summed E-state index contributed by atoms with van der Waals surface area (Å²) in [6, 6.07) is 2.62. The van der Waals surface area contributed by atoms with E-state index in [2.05, 4.69) is 16.0 Å². The number of carbonyl (C=O) groups excluding carboxylic acids is 2. The first-order valence-electron chi connectivity index (χ1n) is 11.8. The van der Waals surface area contributed by atoms with E-state index in [4.69, 9.17) is 9.47 Å². The van der Waals surface area contributed by atoms with Crippen LogP contribution in [0.1, 0.15) is 50.5 Å². The molecule has 10 heteroatoms. The van der Waals surface area contributed by atoms with Crippen LogP contribution >= 0.6 is 0 Å². The van der Waals surface area contributed by atoms with E-state index in [0.717, 1.165) is 31.4 Å². The number of benzene rings is 1. The Morgan fingerprint density at radius 2 is 1.71 bits per heavy atom. The summed E-state index contributed by atoms with van der Waals surface area (Å²) in [7, 11) is 1.48. The molecule has 7 nitrogen and oxygen atoms in total. The second-order valence-corrected chi connectivity index (χ2v) is 9.93. The number of urea groups is 1. The van der Waals surface area contributed by atoms with Gasteiger partial charge in [-0.05, 0) is 74.5 Å². The largest absolute Gasteiger partial charge is 0.489 e. The number of methoxy groups -OCH3 is 1. The number of nitrogens with one attached hydrogen (secondary N) is 3. The second kappa shape index (κ2) is 10.0. The normalized spacial score (nSPS) is 27.4. The van der Waals surface area contributed by atoms with E-state index in [0.29, 0.717) is 17.8 Å². The van der Waals surface area contributed by atoms with Gasteiger partial charge in [0.05, 0.1) is 17.9 Å². The van der Waals surface area contributed by atoms with Crippen LogP contribution in [-0.4, -0.2) is 44.3 Å². The molecule has 1 aromatic carbocycles. The van der Waals surface area contributed by atoms with Gasteiger partial charge in [0.2, 0.25) is 5.91 Å². The fourth-order valence-electron chi connectivity index (χ4n) is 6.22. The first kappa shape index (κ1) is 24.6. The molecule has 0 heterocycles. The van der Waals surface area contributed by atoms with Crippen LogP contribution in [-0.2, 0) is 15.7 Å². The fraction of sp³-hybridized carbons (Fsp3) is 0.667. The lowest BCUT2D eigenvalue weighted by Crippen LogP contribution is -2.61. The van der Waals surface area contributed by atoms with E-state index < -0.39 is 17.6 Å². The summed E-state index contributed by atoms with van der Waals surface area (Å²) in [4.78, 5) is 24.9. The van der Waals surface area contributed by atoms with Crippen molar-refractivity contribution in [1.82, 2.24) is 10.6 Å². The Hall–Kier alpha value is -2.49. The average Bonchev–Trinajstić information content (AvgIpc) is 2.72. The Morgan fingerprint density at radius 3 is 2.29 bits per heavy atom. The van der Waals surface area contributed by atoms with Crippen molar-refractivity contribution in [3.8, 4) is 5.75 Å². The Bertz CT molecular complexity index is 871. The van der Waals surface area contributed by atoms with Crippen LogP contribution in [0, 0.1) is 17.8 Å². The van der Waals surface area contributed by atoms with E-state index in [1.54, 1.807) is 0 Å². The molecule has 4 aliphatic rings. The van der Waals surface area contributed by atoms with Gasteiger partial charge in [-0.3, -0.25) is 4.79 Å². The Kier molecular flexibility index (Phi) is 7.25. The third-order valence-corrected chi connectivity index (χ3v) is 7.18. The molecule has 0 aromatic heterocycles. The molecule has 0 unspecified atom stereocenters. The molecule has 4 bridgehead atoms. The van der Waals surface area contributed by atoms with Crippen LogP contribution in [0.2, 0.25) is 0 Å². The molecule has 5 rings (SSSR count). The Morgan fingerprint density at radius 1 is 1.06 bits per heavy atom. The average molecular weight is 484 g/mol. The molecular weight excluding hydrogens is 451 g/mol. The van der Waals surface area contributed by atoms with Crippen molar-refractivity contribution in [2.75, 3.05) is 32.2 Å². The lowest BCUT2D eigenvalue weighted by molar-refractivity contribution is -0.137. The van der Waals surface area contributed by atoms with Crippen LogP contribution in [0.4, 0.5) is 23.7 Å². The van der Waals surface area contributed by atoms with Crippen molar-refractivity contribution in [3.63, 3.8) is 0 Å². The van der Waals surface area contributed by atoms with Crippen molar-refractivity contribution >= 4 is 17.6 Å². The van der Waals surface area contributed by atoms with Gasteiger partial charge in [-0.1, -0.05) is 0 Å². The van der Waals surface area contributed by atoms with E-state index in [-0.39, 0.29) is 49.2 Å². The number of carbonyl (C=O) groups is 2. The highest BCUT2D eigenvalue weighted by molar-refractivity contribution is 5.92. The summed E-state index contributed by atoms with van der Waals surface area (Å²) >= 11 is 0. The smallest absolute Gasteiger partial charge is 0.416 e. The predicted octanol–water partition coefficient (Wildman–Crippen LogP) is 4.33. The summed E-state index contributed by atoms with van der Waals surface area (Å²) in [6.45, 7) is 0.441. The zero-order chi connectivity index (χ0) is 24.3. The molecule has 34 heavy (non-hydrogen) atoms. The van der Waals surface area contributed by atoms with E-state index >= 15 is 0 Å². The molecule has 4 aliphatic carbocycles. The maximum atomic E-state index is 13.1. The Labute approximate surface area is 197 Å². The fourth-order valence-corrected chi connectivity index (χ4v) is 6.22. The molecular formula is C24H32F3N3O4. The van der Waals surface area contributed by atoms with Gasteiger partial charge in [0.1, 0.15) is 12.4 Å². The number of hydrogen-bond donors (Lipinski definition) is 3. The van der Waals surface area contributed by atoms with Crippen molar-refractivity contribution < 1.29 is 32.2 Å². The van der Waals surface area contributed by atoms with E-state index in [9.17, 15) is 22.8 Å². The highest BCUT2D eigenvalue weighted by Crippen LogP contribution is 2.55. The van der Waals surface area contributed by atoms with Crippen molar-refractivity contribution in [3.05, 3.63) is 23.8 Å². The molecule has 1 aromatic rings. The maximum Gasteiger partial charge on any atom is 0.416 e. The molecule has 3 N–H and O–H groups in total. The zero-order valence-corrected chi connectivity index (χ0v) is 19.3. The van der Waals surface area contributed by atoms with Crippen LogP contribution in [0.3, 0.4) is 0 Å². The molecule has 3 amide bonds. The van der Waals surface area contributed by atoms with Gasteiger partial charge in [-0.2, -0.15) is 13.2 Å². The van der Waals surface area contributed by atoms with Gasteiger partial charge >= 0.3 is 12.2 Å². The van der Waals surface area contributed by atoms with Gasteiger partial charge in [0, 0.05) is 25.6 Å². The van der Waals surface area contributed by atoms with Gasteiger partial charge < -0.3 is 25.4 Å². The third-order valence-electron chi connectivity index (χ3n) is 7.18.